The minimum Gasteiger partial charge on any atom is -0.506 e. The van der Waals surface area contributed by atoms with Gasteiger partial charge < -0.3 is 10.8 Å². The molecular weight excluding hydrogens is 476 g/mol. The predicted molar refractivity (Wildman–Crippen MR) is 96.9 cm³/mol. The van der Waals surface area contributed by atoms with Crippen molar-refractivity contribution in [3.8, 4) is 11.6 Å². The number of nitrogens with zero attached hydrogens (tertiary/aromatic N) is 6. The Morgan fingerprint density at radius 1 is 1.38 bits per heavy atom. The van der Waals surface area contributed by atoms with Crippen LogP contribution in [0.15, 0.2) is 30.8 Å². The Kier molecular flexibility index (Phi) is 4.99. The van der Waals surface area contributed by atoms with Gasteiger partial charge in [-0.2, -0.15) is 9.78 Å². The maximum atomic E-state index is 12.4. The van der Waals surface area contributed by atoms with Crippen molar-refractivity contribution < 1.29 is 14.5 Å². The molecule has 1 amide bonds. The van der Waals surface area contributed by atoms with Crippen molar-refractivity contribution in [2.24, 2.45) is 5.10 Å². The smallest absolute Gasteiger partial charge is 0.292 e. The number of hydrogen-bond acceptors (Lipinski definition) is 9. The molecule has 0 saturated carbocycles. The first-order valence-corrected chi connectivity index (χ1v) is 8.49. The van der Waals surface area contributed by atoms with E-state index in [1.807, 2.05) is 0 Å². The molecule has 26 heavy (non-hydrogen) atoms. The molecule has 0 atom stereocenters. The zero-order valence-corrected chi connectivity index (χ0v) is 16.2. The molecule has 0 fully saturated rings. The van der Waals surface area contributed by atoms with Crippen LogP contribution >= 0.6 is 31.9 Å². The number of anilines is 1. The van der Waals surface area contributed by atoms with Crippen LogP contribution in [0.3, 0.4) is 0 Å². The number of amides is 1. The van der Waals surface area contributed by atoms with Crippen LogP contribution in [0.5, 0.6) is 5.75 Å². The number of carbonyl (C=O) groups is 1. The number of halogens is 2. The molecule has 13 heteroatoms. The standard InChI is InChI=1S/C13H10Br2N8O3/c1-5-9(23(22-18-5)12-11(16)20-26-21-12)13(25)19-17-4-6-2-7(14)10(24)8(15)3-6/h2-4,24H,1H3,(H2,16,20)(H,19,25). The third-order valence-corrected chi connectivity index (χ3v) is 4.38. The molecule has 4 N–H and O–H groups in total. The number of rotatable bonds is 4. The highest BCUT2D eigenvalue weighted by Gasteiger charge is 2.22. The van der Waals surface area contributed by atoms with Crippen LogP contribution in [0.4, 0.5) is 5.82 Å². The van der Waals surface area contributed by atoms with Crippen LogP contribution < -0.4 is 11.2 Å². The molecule has 0 spiro atoms. The quantitative estimate of drug-likeness (QED) is 0.370. The molecule has 2 heterocycles. The topological polar surface area (TPSA) is 157 Å². The van der Waals surface area contributed by atoms with Gasteiger partial charge in [0.25, 0.3) is 5.91 Å². The number of nitrogens with one attached hydrogen (secondary N) is 1. The van der Waals surface area contributed by atoms with Crippen molar-refractivity contribution in [1.82, 2.24) is 30.7 Å². The molecule has 3 aromatic rings. The van der Waals surface area contributed by atoms with Crippen LogP contribution in [0.1, 0.15) is 21.7 Å². The number of aromatic hydroxyl groups is 1. The Morgan fingerprint density at radius 3 is 2.69 bits per heavy atom. The maximum Gasteiger partial charge on any atom is 0.292 e. The molecule has 0 radical (unpaired) electrons. The summed E-state index contributed by atoms with van der Waals surface area (Å²) < 4.78 is 6.58. The monoisotopic (exact) mass is 484 g/mol. The first kappa shape index (κ1) is 18.0. The van der Waals surface area contributed by atoms with Gasteiger partial charge in [0.1, 0.15) is 5.75 Å². The highest BCUT2D eigenvalue weighted by atomic mass is 79.9. The summed E-state index contributed by atoms with van der Waals surface area (Å²) in [5, 5.41) is 28.3. The number of benzene rings is 1. The lowest BCUT2D eigenvalue weighted by Crippen LogP contribution is -2.22. The van der Waals surface area contributed by atoms with E-state index in [1.165, 1.54) is 6.21 Å². The first-order valence-electron chi connectivity index (χ1n) is 6.90. The second-order valence-electron chi connectivity index (χ2n) is 4.94. The number of phenolic OH excluding ortho intramolecular Hbond substituents is 1. The van der Waals surface area contributed by atoms with E-state index >= 15 is 0 Å². The van der Waals surface area contributed by atoms with Crippen molar-refractivity contribution >= 4 is 49.8 Å². The van der Waals surface area contributed by atoms with Gasteiger partial charge in [-0.25, -0.2) is 10.1 Å². The number of aromatic nitrogens is 5. The Balaban J connectivity index is 1.82. The number of nitrogen functional groups attached to an aromatic ring is 1. The van der Waals surface area contributed by atoms with Gasteiger partial charge in [-0.1, -0.05) is 5.21 Å². The van der Waals surface area contributed by atoms with E-state index in [1.54, 1.807) is 19.1 Å². The molecule has 0 aliphatic carbocycles. The summed E-state index contributed by atoms with van der Waals surface area (Å²) in [5.41, 5.74) is 9.05. The van der Waals surface area contributed by atoms with Gasteiger partial charge in [0.05, 0.1) is 20.9 Å². The second-order valence-corrected chi connectivity index (χ2v) is 6.65. The summed E-state index contributed by atoms with van der Waals surface area (Å²) in [7, 11) is 0. The molecule has 1 aromatic carbocycles. The third kappa shape index (κ3) is 3.43. The normalized spacial score (nSPS) is 11.2. The molecule has 0 unspecified atom stereocenters. The molecule has 0 aliphatic heterocycles. The van der Waals surface area contributed by atoms with Crippen molar-refractivity contribution in [1.29, 1.82) is 0 Å². The van der Waals surface area contributed by atoms with E-state index in [9.17, 15) is 9.90 Å². The van der Waals surface area contributed by atoms with Crippen molar-refractivity contribution in [2.45, 2.75) is 6.92 Å². The molecule has 0 bridgehead atoms. The Labute approximate surface area is 162 Å². The highest BCUT2D eigenvalue weighted by molar-refractivity contribution is 9.11. The number of phenols is 1. The van der Waals surface area contributed by atoms with E-state index in [0.29, 0.717) is 20.2 Å². The van der Waals surface area contributed by atoms with E-state index < -0.39 is 5.91 Å². The van der Waals surface area contributed by atoms with E-state index in [4.69, 9.17) is 5.73 Å². The average molecular weight is 486 g/mol. The minimum atomic E-state index is -0.581. The van der Waals surface area contributed by atoms with Crippen LogP contribution in [-0.4, -0.2) is 42.5 Å². The van der Waals surface area contributed by atoms with Gasteiger partial charge in [0.2, 0.25) is 11.6 Å². The SMILES string of the molecule is Cc1nnn(-c2nonc2N)c1C(=O)NN=Cc1cc(Br)c(O)c(Br)c1. The van der Waals surface area contributed by atoms with Crippen molar-refractivity contribution in [3.63, 3.8) is 0 Å². The van der Waals surface area contributed by atoms with Gasteiger partial charge >= 0.3 is 0 Å². The zero-order chi connectivity index (χ0) is 18.8. The van der Waals surface area contributed by atoms with Crippen LogP contribution in [-0.2, 0) is 0 Å². The number of hydrazone groups is 1. The fourth-order valence-electron chi connectivity index (χ4n) is 1.98. The predicted octanol–water partition coefficient (Wildman–Crippen LogP) is 1.54. The lowest BCUT2D eigenvalue weighted by molar-refractivity contribution is 0.0946. The average Bonchev–Trinajstić information content (AvgIpc) is 3.17. The second kappa shape index (κ2) is 7.21. The molecule has 134 valence electrons. The highest BCUT2D eigenvalue weighted by Crippen LogP contribution is 2.32. The fraction of sp³-hybridized carbons (Fsp3) is 0.0769. The third-order valence-electron chi connectivity index (χ3n) is 3.17. The first-order chi connectivity index (χ1) is 12.4. The Hall–Kier alpha value is -2.80. The summed E-state index contributed by atoms with van der Waals surface area (Å²) in [6, 6.07) is 3.27. The molecular formula is C13H10Br2N8O3. The van der Waals surface area contributed by atoms with Crippen LogP contribution in [0, 0.1) is 6.92 Å². The van der Waals surface area contributed by atoms with Gasteiger partial charge in [-0.3, -0.25) is 4.79 Å². The number of carbonyl (C=O) groups excluding carboxylic acids is 1. The van der Waals surface area contributed by atoms with E-state index in [-0.39, 0.29) is 23.1 Å². The van der Waals surface area contributed by atoms with Gasteiger partial charge in [-0.15, -0.1) is 5.10 Å². The molecule has 2 aromatic heterocycles. The summed E-state index contributed by atoms with van der Waals surface area (Å²) in [6.45, 7) is 1.60. The van der Waals surface area contributed by atoms with E-state index in [2.05, 4.69) is 67.6 Å². The summed E-state index contributed by atoms with van der Waals surface area (Å²) in [4.78, 5) is 12.4. The molecule has 0 aliphatic rings. The van der Waals surface area contributed by atoms with Crippen molar-refractivity contribution in [2.75, 3.05) is 5.73 Å². The van der Waals surface area contributed by atoms with E-state index in [0.717, 1.165) is 4.68 Å². The largest absolute Gasteiger partial charge is 0.506 e. The van der Waals surface area contributed by atoms with Gasteiger partial charge in [0.15, 0.2) is 5.69 Å². The summed E-state index contributed by atoms with van der Waals surface area (Å²) >= 11 is 6.43. The van der Waals surface area contributed by atoms with Gasteiger partial charge in [-0.05, 0) is 66.8 Å². The zero-order valence-electron chi connectivity index (χ0n) is 13.0. The summed E-state index contributed by atoms with van der Waals surface area (Å²) in [5.74, 6) is -0.504. The number of nitrogens with two attached hydrogens (primary N) is 1. The molecule has 0 saturated heterocycles. The lowest BCUT2D eigenvalue weighted by atomic mass is 10.2. The number of aryl methyl sites for hydroxylation is 1. The maximum absolute atomic E-state index is 12.4. The van der Waals surface area contributed by atoms with Gasteiger partial charge in [0, 0.05) is 0 Å². The lowest BCUT2D eigenvalue weighted by Gasteiger charge is -2.03. The minimum absolute atomic E-state index is 0.0359. The Morgan fingerprint density at radius 2 is 2.08 bits per heavy atom. The van der Waals surface area contributed by atoms with Crippen molar-refractivity contribution in [3.05, 3.63) is 38.0 Å². The molecule has 3 rings (SSSR count). The fourth-order valence-corrected chi connectivity index (χ4v) is 3.20. The Bertz CT molecular complexity index is 990. The van der Waals surface area contributed by atoms with Crippen LogP contribution in [0.25, 0.3) is 5.82 Å². The molecule has 11 nitrogen and oxygen atoms in total. The van der Waals surface area contributed by atoms with Crippen LogP contribution in [0.2, 0.25) is 0 Å². The summed E-state index contributed by atoms with van der Waals surface area (Å²) in [6.07, 6.45) is 1.41. The number of hydrogen-bond donors (Lipinski definition) is 3.